The first-order chi connectivity index (χ1) is 9.26. The number of ether oxygens (including phenoxy) is 1. The lowest BCUT2D eigenvalue weighted by atomic mass is 9.87. The zero-order valence-electron chi connectivity index (χ0n) is 12.1. The van der Waals surface area contributed by atoms with Crippen LogP contribution in [0.4, 0.5) is 0 Å². The number of piperidine rings is 1. The van der Waals surface area contributed by atoms with Gasteiger partial charge in [0.1, 0.15) is 0 Å². The molecule has 4 atom stereocenters. The van der Waals surface area contributed by atoms with E-state index in [1.165, 1.54) is 38.8 Å². The third-order valence-electron chi connectivity index (χ3n) is 5.50. The lowest BCUT2D eigenvalue weighted by Gasteiger charge is -2.35. The van der Waals surface area contributed by atoms with Gasteiger partial charge in [-0.15, -0.1) is 0 Å². The SMILES string of the molecule is CCOC(=O)C1CCCN(CC2CC3CCC2C3)C1. The standard InChI is InChI=1S/C16H27NO2/c1-2-19-16(18)14-4-3-7-17(10-14)11-15-9-12-5-6-13(15)8-12/h12-15H,2-11H2,1H3. The molecule has 3 nitrogen and oxygen atoms in total. The molecule has 0 aromatic rings. The average Bonchev–Trinajstić information content (AvgIpc) is 3.02. The summed E-state index contributed by atoms with van der Waals surface area (Å²) < 4.78 is 5.18. The van der Waals surface area contributed by atoms with Crippen LogP contribution in [0.25, 0.3) is 0 Å². The fraction of sp³-hybridized carbons (Fsp3) is 0.938. The predicted octanol–water partition coefficient (Wildman–Crippen LogP) is 2.70. The highest BCUT2D eigenvalue weighted by Gasteiger charge is 2.40. The third kappa shape index (κ3) is 2.96. The molecular weight excluding hydrogens is 238 g/mol. The van der Waals surface area contributed by atoms with Crippen molar-refractivity contribution in [1.82, 2.24) is 4.90 Å². The van der Waals surface area contributed by atoms with Gasteiger partial charge in [0.05, 0.1) is 12.5 Å². The van der Waals surface area contributed by atoms with Crippen LogP contribution in [0.15, 0.2) is 0 Å². The number of hydrogen-bond acceptors (Lipinski definition) is 3. The van der Waals surface area contributed by atoms with Gasteiger partial charge < -0.3 is 9.64 Å². The van der Waals surface area contributed by atoms with E-state index in [1.807, 2.05) is 6.92 Å². The summed E-state index contributed by atoms with van der Waals surface area (Å²) in [6, 6.07) is 0. The Bertz CT molecular complexity index is 331. The average molecular weight is 265 g/mol. The summed E-state index contributed by atoms with van der Waals surface area (Å²) >= 11 is 0. The first-order valence-corrected chi connectivity index (χ1v) is 8.15. The van der Waals surface area contributed by atoms with Crippen LogP contribution in [0.5, 0.6) is 0 Å². The quantitative estimate of drug-likeness (QED) is 0.732. The number of nitrogens with zero attached hydrogens (tertiary/aromatic N) is 1. The van der Waals surface area contributed by atoms with E-state index in [1.54, 1.807) is 0 Å². The van der Waals surface area contributed by atoms with E-state index in [2.05, 4.69) is 4.90 Å². The van der Waals surface area contributed by atoms with Crippen molar-refractivity contribution in [2.45, 2.75) is 45.4 Å². The first-order valence-electron chi connectivity index (χ1n) is 8.15. The summed E-state index contributed by atoms with van der Waals surface area (Å²) in [4.78, 5) is 14.4. The van der Waals surface area contributed by atoms with Crippen LogP contribution in [0.1, 0.15) is 45.4 Å². The molecule has 1 heterocycles. The van der Waals surface area contributed by atoms with E-state index < -0.39 is 0 Å². The number of likely N-dealkylation sites (tertiary alicyclic amines) is 1. The minimum atomic E-state index is 0.0279. The smallest absolute Gasteiger partial charge is 0.310 e. The van der Waals surface area contributed by atoms with Gasteiger partial charge in [-0.1, -0.05) is 6.42 Å². The van der Waals surface area contributed by atoms with E-state index in [9.17, 15) is 4.79 Å². The van der Waals surface area contributed by atoms with E-state index in [4.69, 9.17) is 4.74 Å². The molecule has 3 aliphatic rings. The fourth-order valence-corrected chi connectivity index (χ4v) is 4.61. The highest BCUT2D eigenvalue weighted by Crippen LogP contribution is 2.48. The molecule has 3 heteroatoms. The van der Waals surface area contributed by atoms with Crippen molar-refractivity contribution < 1.29 is 9.53 Å². The van der Waals surface area contributed by atoms with Crippen LogP contribution >= 0.6 is 0 Å². The van der Waals surface area contributed by atoms with Gasteiger partial charge in [0, 0.05) is 13.1 Å². The molecule has 0 aromatic heterocycles. The summed E-state index contributed by atoms with van der Waals surface area (Å²) in [7, 11) is 0. The molecule has 0 amide bonds. The molecule has 2 saturated carbocycles. The summed E-state index contributed by atoms with van der Waals surface area (Å²) in [5.74, 6) is 3.10. The Kier molecular flexibility index (Phi) is 4.11. The molecule has 3 fully saturated rings. The number of carbonyl (C=O) groups is 1. The highest BCUT2D eigenvalue weighted by molar-refractivity contribution is 5.72. The molecule has 0 spiro atoms. The maximum Gasteiger partial charge on any atom is 0.310 e. The molecule has 0 aromatic carbocycles. The molecule has 0 N–H and O–H groups in total. The maximum absolute atomic E-state index is 11.9. The van der Waals surface area contributed by atoms with E-state index in [-0.39, 0.29) is 11.9 Å². The molecule has 1 saturated heterocycles. The van der Waals surface area contributed by atoms with Crippen molar-refractivity contribution in [1.29, 1.82) is 0 Å². The highest BCUT2D eigenvalue weighted by atomic mass is 16.5. The van der Waals surface area contributed by atoms with Gasteiger partial charge in [0.15, 0.2) is 0 Å². The largest absolute Gasteiger partial charge is 0.466 e. The molecule has 108 valence electrons. The predicted molar refractivity (Wildman–Crippen MR) is 74.7 cm³/mol. The summed E-state index contributed by atoms with van der Waals surface area (Å²) in [5, 5.41) is 0. The zero-order chi connectivity index (χ0) is 13.2. The molecule has 3 rings (SSSR count). The number of hydrogen-bond donors (Lipinski definition) is 0. The minimum absolute atomic E-state index is 0.0279. The van der Waals surface area contributed by atoms with Crippen molar-refractivity contribution in [3.8, 4) is 0 Å². The number of esters is 1. The van der Waals surface area contributed by atoms with Crippen LogP contribution in [0.2, 0.25) is 0 Å². The number of rotatable bonds is 4. The topological polar surface area (TPSA) is 29.5 Å². The second kappa shape index (κ2) is 5.82. The lowest BCUT2D eigenvalue weighted by Crippen LogP contribution is -2.42. The van der Waals surface area contributed by atoms with Crippen molar-refractivity contribution in [3.63, 3.8) is 0 Å². The molecule has 19 heavy (non-hydrogen) atoms. The summed E-state index contributed by atoms with van der Waals surface area (Å²) in [6.45, 7) is 5.77. The van der Waals surface area contributed by atoms with E-state index in [0.29, 0.717) is 6.61 Å². The van der Waals surface area contributed by atoms with Gasteiger partial charge in [-0.2, -0.15) is 0 Å². The van der Waals surface area contributed by atoms with Crippen molar-refractivity contribution in [2.75, 3.05) is 26.2 Å². The van der Waals surface area contributed by atoms with Gasteiger partial charge in [0.2, 0.25) is 0 Å². The Hall–Kier alpha value is -0.570. The second-order valence-corrected chi connectivity index (χ2v) is 6.79. The summed E-state index contributed by atoms with van der Waals surface area (Å²) in [6.07, 6.45) is 8.05. The van der Waals surface area contributed by atoms with Gasteiger partial charge in [-0.3, -0.25) is 4.79 Å². The Labute approximate surface area is 116 Å². The van der Waals surface area contributed by atoms with Crippen LogP contribution in [-0.2, 0) is 9.53 Å². The van der Waals surface area contributed by atoms with Crippen molar-refractivity contribution in [2.24, 2.45) is 23.7 Å². The van der Waals surface area contributed by atoms with Crippen molar-refractivity contribution >= 4 is 5.97 Å². The van der Waals surface area contributed by atoms with E-state index in [0.717, 1.165) is 37.1 Å². The Balaban J connectivity index is 1.50. The second-order valence-electron chi connectivity index (χ2n) is 6.79. The summed E-state index contributed by atoms with van der Waals surface area (Å²) in [5.41, 5.74) is 0. The molecule has 2 bridgehead atoms. The van der Waals surface area contributed by atoms with Crippen LogP contribution in [-0.4, -0.2) is 37.1 Å². The minimum Gasteiger partial charge on any atom is -0.466 e. The molecular formula is C16H27NO2. The third-order valence-corrected chi connectivity index (χ3v) is 5.50. The first kappa shape index (κ1) is 13.4. The van der Waals surface area contributed by atoms with E-state index >= 15 is 0 Å². The fourth-order valence-electron chi connectivity index (χ4n) is 4.61. The lowest BCUT2D eigenvalue weighted by molar-refractivity contribution is -0.150. The monoisotopic (exact) mass is 265 g/mol. The van der Waals surface area contributed by atoms with Gasteiger partial charge in [-0.25, -0.2) is 0 Å². The maximum atomic E-state index is 11.9. The van der Waals surface area contributed by atoms with Crippen LogP contribution in [0, 0.1) is 23.7 Å². The molecule has 2 aliphatic carbocycles. The van der Waals surface area contributed by atoms with Gasteiger partial charge in [-0.05, 0) is 63.3 Å². The van der Waals surface area contributed by atoms with Gasteiger partial charge >= 0.3 is 5.97 Å². The normalized spacial score (nSPS) is 38.6. The van der Waals surface area contributed by atoms with Crippen LogP contribution in [0.3, 0.4) is 0 Å². The molecule has 4 unspecified atom stereocenters. The Morgan fingerprint density at radius 1 is 1.26 bits per heavy atom. The number of fused-ring (bicyclic) bond motifs is 2. The Morgan fingerprint density at radius 2 is 2.16 bits per heavy atom. The molecule has 1 aliphatic heterocycles. The van der Waals surface area contributed by atoms with Crippen molar-refractivity contribution in [3.05, 3.63) is 0 Å². The van der Waals surface area contributed by atoms with Crippen LogP contribution < -0.4 is 0 Å². The molecule has 0 radical (unpaired) electrons. The van der Waals surface area contributed by atoms with Gasteiger partial charge in [0.25, 0.3) is 0 Å². The number of carbonyl (C=O) groups excluding carboxylic acids is 1. The zero-order valence-corrected chi connectivity index (χ0v) is 12.1. The Morgan fingerprint density at radius 3 is 2.84 bits per heavy atom.